The van der Waals surface area contributed by atoms with Crippen LogP contribution < -0.4 is 11.1 Å². The lowest BCUT2D eigenvalue weighted by Gasteiger charge is -2.19. The smallest absolute Gasteiger partial charge is 0.254 e. The highest BCUT2D eigenvalue weighted by Gasteiger charge is 2.22. The van der Waals surface area contributed by atoms with Crippen LogP contribution >= 0.6 is 0 Å². The van der Waals surface area contributed by atoms with E-state index >= 15 is 0 Å². The van der Waals surface area contributed by atoms with E-state index < -0.39 is 6.04 Å². The topological polar surface area (TPSA) is 75.4 Å². The fourth-order valence-electron chi connectivity index (χ4n) is 2.76. The first-order valence-electron chi connectivity index (χ1n) is 8.00. The summed E-state index contributed by atoms with van der Waals surface area (Å²) >= 11 is 0. The van der Waals surface area contributed by atoms with E-state index in [1.165, 1.54) is 0 Å². The number of likely N-dealkylation sites (tertiary alicyclic amines) is 1. The van der Waals surface area contributed by atoms with Crippen LogP contribution in [0.5, 0.6) is 0 Å². The summed E-state index contributed by atoms with van der Waals surface area (Å²) in [6.45, 7) is 5.49. The Morgan fingerprint density at radius 2 is 2.00 bits per heavy atom. The van der Waals surface area contributed by atoms with Gasteiger partial charge in [0.1, 0.15) is 0 Å². The zero-order valence-electron chi connectivity index (χ0n) is 13.4. The summed E-state index contributed by atoms with van der Waals surface area (Å²) in [6, 6.07) is 4.92. The lowest BCUT2D eigenvalue weighted by atomic mass is 10.0. The molecule has 1 unspecified atom stereocenters. The van der Waals surface area contributed by atoms with Crippen LogP contribution in [-0.4, -0.2) is 35.8 Å². The van der Waals surface area contributed by atoms with E-state index in [1.54, 1.807) is 6.07 Å². The number of carbonyl (C=O) groups is 2. The van der Waals surface area contributed by atoms with Gasteiger partial charge in [0, 0.05) is 24.3 Å². The molecule has 5 heteroatoms. The van der Waals surface area contributed by atoms with Crippen molar-refractivity contribution >= 4 is 17.5 Å². The van der Waals surface area contributed by atoms with E-state index in [0.717, 1.165) is 37.9 Å². The molecular formula is C17H25N3O2. The molecule has 0 aliphatic carbocycles. The van der Waals surface area contributed by atoms with E-state index in [0.29, 0.717) is 17.7 Å². The number of rotatable bonds is 5. The average Bonchev–Trinajstić information content (AvgIpc) is 3.03. The summed E-state index contributed by atoms with van der Waals surface area (Å²) in [5.74, 6) is -0.153. The monoisotopic (exact) mass is 303 g/mol. The van der Waals surface area contributed by atoms with Crippen LogP contribution in [0.1, 0.15) is 48.5 Å². The predicted octanol–water partition coefficient (Wildman–Crippen LogP) is 2.30. The first-order valence-corrected chi connectivity index (χ1v) is 8.00. The van der Waals surface area contributed by atoms with Gasteiger partial charge in [0.05, 0.1) is 6.04 Å². The largest absolute Gasteiger partial charge is 0.339 e. The maximum Gasteiger partial charge on any atom is 0.254 e. The van der Waals surface area contributed by atoms with Crippen molar-refractivity contribution in [3.63, 3.8) is 0 Å². The van der Waals surface area contributed by atoms with Crippen molar-refractivity contribution in [2.24, 2.45) is 5.73 Å². The van der Waals surface area contributed by atoms with Gasteiger partial charge in [-0.05, 0) is 43.9 Å². The molecular weight excluding hydrogens is 278 g/mol. The van der Waals surface area contributed by atoms with Gasteiger partial charge in [-0.1, -0.05) is 19.4 Å². The maximum absolute atomic E-state index is 12.5. The Hall–Kier alpha value is -1.88. The van der Waals surface area contributed by atoms with E-state index in [-0.39, 0.29) is 11.8 Å². The van der Waals surface area contributed by atoms with Crippen LogP contribution in [0.2, 0.25) is 0 Å². The fraction of sp³-hybridized carbons (Fsp3) is 0.529. The van der Waals surface area contributed by atoms with Crippen molar-refractivity contribution in [2.45, 2.75) is 45.6 Å². The zero-order chi connectivity index (χ0) is 16.1. The lowest BCUT2D eigenvalue weighted by molar-refractivity contribution is -0.117. The summed E-state index contributed by atoms with van der Waals surface area (Å²) < 4.78 is 0. The third-order valence-electron chi connectivity index (χ3n) is 4.15. The molecule has 0 radical (unpaired) electrons. The third kappa shape index (κ3) is 3.65. The van der Waals surface area contributed by atoms with Gasteiger partial charge in [-0.3, -0.25) is 9.59 Å². The van der Waals surface area contributed by atoms with Gasteiger partial charge in [0.15, 0.2) is 0 Å². The number of hydrogen-bond acceptors (Lipinski definition) is 3. The minimum absolute atomic E-state index is 0.0453. The first kappa shape index (κ1) is 16.5. The number of benzene rings is 1. The predicted molar refractivity (Wildman–Crippen MR) is 87.8 cm³/mol. The Morgan fingerprint density at radius 3 is 2.64 bits per heavy atom. The molecule has 1 atom stereocenters. The minimum Gasteiger partial charge on any atom is -0.339 e. The van der Waals surface area contributed by atoms with E-state index in [1.807, 2.05) is 30.9 Å². The summed E-state index contributed by atoms with van der Waals surface area (Å²) in [5.41, 5.74) is 7.96. The molecule has 1 aliphatic rings. The molecule has 0 spiro atoms. The van der Waals surface area contributed by atoms with Gasteiger partial charge in [-0.25, -0.2) is 0 Å². The van der Waals surface area contributed by atoms with Crippen LogP contribution in [0, 0.1) is 6.92 Å². The van der Waals surface area contributed by atoms with Crippen LogP contribution in [-0.2, 0) is 4.79 Å². The Labute approximate surface area is 131 Å². The van der Waals surface area contributed by atoms with Gasteiger partial charge in [-0.2, -0.15) is 0 Å². The molecule has 120 valence electrons. The second kappa shape index (κ2) is 7.40. The second-order valence-electron chi connectivity index (χ2n) is 5.86. The highest BCUT2D eigenvalue weighted by atomic mass is 16.2. The molecule has 1 aliphatic heterocycles. The second-order valence-corrected chi connectivity index (χ2v) is 5.86. The zero-order valence-corrected chi connectivity index (χ0v) is 13.4. The molecule has 0 bridgehead atoms. The summed E-state index contributed by atoms with van der Waals surface area (Å²) in [6.07, 6.45) is 3.64. The molecule has 5 nitrogen and oxygen atoms in total. The molecule has 0 aromatic heterocycles. The van der Waals surface area contributed by atoms with Gasteiger partial charge in [0.2, 0.25) is 5.91 Å². The molecule has 22 heavy (non-hydrogen) atoms. The molecule has 1 heterocycles. The Bertz CT molecular complexity index is 551. The summed E-state index contributed by atoms with van der Waals surface area (Å²) in [7, 11) is 0. The highest BCUT2D eigenvalue weighted by Crippen LogP contribution is 2.22. The highest BCUT2D eigenvalue weighted by molar-refractivity contribution is 6.00. The molecule has 1 saturated heterocycles. The van der Waals surface area contributed by atoms with Gasteiger partial charge < -0.3 is 16.0 Å². The van der Waals surface area contributed by atoms with Crippen LogP contribution in [0.15, 0.2) is 18.2 Å². The number of carbonyl (C=O) groups excluding carboxylic acids is 2. The standard InChI is InChI=1S/C17H25N3O2/c1-3-7-14(18)16(21)19-15-9-6-8-13(12(15)2)17(22)20-10-4-5-11-20/h6,8-9,14H,3-5,7,10-11,18H2,1-2H3,(H,19,21). The lowest BCUT2D eigenvalue weighted by Crippen LogP contribution is -2.35. The van der Waals surface area contributed by atoms with Crippen LogP contribution in [0.25, 0.3) is 0 Å². The molecule has 1 aromatic carbocycles. The van der Waals surface area contributed by atoms with Crippen molar-refractivity contribution in [3.05, 3.63) is 29.3 Å². The average molecular weight is 303 g/mol. The Balaban J connectivity index is 2.15. The summed E-state index contributed by atoms with van der Waals surface area (Å²) in [5, 5.41) is 2.85. The molecule has 3 N–H and O–H groups in total. The van der Waals surface area contributed by atoms with E-state index in [4.69, 9.17) is 5.73 Å². The van der Waals surface area contributed by atoms with Crippen LogP contribution in [0.3, 0.4) is 0 Å². The fourth-order valence-corrected chi connectivity index (χ4v) is 2.76. The van der Waals surface area contributed by atoms with Crippen molar-refractivity contribution < 1.29 is 9.59 Å². The van der Waals surface area contributed by atoms with Gasteiger partial charge in [-0.15, -0.1) is 0 Å². The Morgan fingerprint density at radius 1 is 1.32 bits per heavy atom. The first-order chi connectivity index (χ1) is 10.5. The number of hydrogen-bond donors (Lipinski definition) is 2. The van der Waals surface area contributed by atoms with Gasteiger partial charge >= 0.3 is 0 Å². The minimum atomic E-state index is -0.512. The van der Waals surface area contributed by atoms with Crippen molar-refractivity contribution in [3.8, 4) is 0 Å². The number of nitrogens with two attached hydrogens (primary N) is 1. The molecule has 2 amide bonds. The molecule has 2 rings (SSSR count). The summed E-state index contributed by atoms with van der Waals surface area (Å²) in [4.78, 5) is 26.5. The van der Waals surface area contributed by atoms with Gasteiger partial charge in [0.25, 0.3) is 5.91 Å². The molecule has 0 saturated carbocycles. The molecule has 1 aromatic rings. The number of anilines is 1. The molecule has 1 fully saturated rings. The number of nitrogens with one attached hydrogen (secondary N) is 1. The number of nitrogens with zero attached hydrogens (tertiary/aromatic N) is 1. The van der Waals surface area contributed by atoms with Crippen molar-refractivity contribution in [2.75, 3.05) is 18.4 Å². The SMILES string of the molecule is CCCC(N)C(=O)Nc1cccc(C(=O)N2CCCC2)c1C. The van der Waals surface area contributed by atoms with E-state index in [2.05, 4.69) is 5.32 Å². The van der Waals surface area contributed by atoms with Crippen molar-refractivity contribution in [1.29, 1.82) is 0 Å². The number of amides is 2. The van der Waals surface area contributed by atoms with E-state index in [9.17, 15) is 9.59 Å². The van der Waals surface area contributed by atoms with Crippen molar-refractivity contribution in [1.82, 2.24) is 4.90 Å². The Kier molecular flexibility index (Phi) is 5.55. The normalized spacial score (nSPS) is 15.7. The van der Waals surface area contributed by atoms with Crippen LogP contribution in [0.4, 0.5) is 5.69 Å². The third-order valence-corrected chi connectivity index (χ3v) is 4.15. The quantitative estimate of drug-likeness (QED) is 0.876. The maximum atomic E-state index is 12.5.